The van der Waals surface area contributed by atoms with Crippen LogP contribution in [-0.4, -0.2) is 30.8 Å². The molecule has 13 heteroatoms. The number of aryl methyl sites for hydroxylation is 1. The Bertz CT molecular complexity index is 1630. The van der Waals surface area contributed by atoms with Gasteiger partial charge in [0.05, 0.1) is 35.2 Å². The molecule has 39 heavy (non-hydrogen) atoms. The maximum atomic E-state index is 14.8. The SMILES string of the molecule is Cc1cn(-c2cc(NC(=O)Nc3ccc(Oc4ccnc(-c5cn[nH]c5)c4)cc3F)cc(C(F)(F)F)c2)cn1. The molecule has 5 rings (SSSR count). The molecule has 0 aliphatic rings. The third-order valence-electron chi connectivity index (χ3n) is 5.46. The predicted octanol–water partition coefficient (Wildman–Crippen LogP) is 6.56. The van der Waals surface area contributed by atoms with Crippen molar-refractivity contribution in [1.82, 2.24) is 24.7 Å². The largest absolute Gasteiger partial charge is 0.457 e. The third kappa shape index (κ3) is 6.04. The second-order valence-electron chi connectivity index (χ2n) is 8.38. The van der Waals surface area contributed by atoms with Crippen LogP contribution in [0.4, 0.5) is 33.7 Å². The van der Waals surface area contributed by atoms with Gasteiger partial charge in [-0.3, -0.25) is 10.1 Å². The summed E-state index contributed by atoms with van der Waals surface area (Å²) in [6, 6.07) is 9.14. The quantitative estimate of drug-likeness (QED) is 0.213. The average molecular weight is 537 g/mol. The molecule has 9 nitrogen and oxygen atoms in total. The van der Waals surface area contributed by atoms with Crippen LogP contribution in [0.25, 0.3) is 16.9 Å². The van der Waals surface area contributed by atoms with Crippen LogP contribution < -0.4 is 15.4 Å². The second-order valence-corrected chi connectivity index (χ2v) is 8.38. The molecule has 3 N–H and O–H groups in total. The number of urea groups is 1. The van der Waals surface area contributed by atoms with Crippen molar-refractivity contribution >= 4 is 17.4 Å². The number of halogens is 4. The number of benzene rings is 2. The summed E-state index contributed by atoms with van der Waals surface area (Å²) >= 11 is 0. The number of carbonyl (C=O) groups excluding carboxylic acids is 1. The number of aromatic nitrogens is 5. The van der Waals surface area contributed by atoms with Crippen molar-refractivity contribution in [3.05, 3.63) is 96.7 Å². The number of rotatable bonds is 6. The Morgan fingerprint density at radius 1 is 1.03 bits per heavy atom. The number of aromatic amines is 1. The van der Waals surface area contributed by atoms with Gasteiger partial charge in [0.25, 0.3) is 0 Å². The number of amides is 2. The first-order valence-corrected chi connectivity index (χ1v) is 11.4. The number of hydrogen-bond donors (Lipinski definition) is 3. The van der Waals surface area contributed by atoms with Crippen molar-refractivity contribution in [3.8, 4) is 28.4 Å². The summed E-state index contributed by atoms with van der Waals surface area (Å²) in [5.41, 5.74) is 0.760. The lowest BCUT2D eigenvalue weighted by atomic mass is 10.1. The molecule has 0 bridgehead atoms. The standard InChI is InChI=1S/C26H19F4N7O2/c1-15-13-37(14-32-15)19-7-17(26(28,29)30)6-18(8-19)35-25(38)36-23-3-2-20(9-22(23)27)39-21-4-5-31-24(10-21)16-11-33-34-12-16/h2-14H,1H3,(H,33,34)(H2,35,36,38). The zero-order chi connectivity index (χ0) is 27.6. The Hall–Kier alpha value is -5.20. The molecule has 2 aromatic carbocycles. The molecule has 0 aliphatic heterocycles. The van der Waals surface area contributed by atoms with Gasteiger partial charge in [-0.1, -0.05) is 0 Å². The van der Waals surface area contributed by atoms with Gasteiger partial charge in [0.1, 0.15) is 17.3 Å². The van der Waals surface area contributed by atoms with Crippen LogP contribution in [-0.2, 0) is 6.18 Å². The Labute approximate surface area is 218 Å². The van der Waals surface area contributed by atoms with Gasteiger partial charge in [0.15, 0.2) is 0 Å². The molecule has 2 amide bonds. The van der Waals surface area contributed by atoms with E-state index in [9.17, 15) is 22.4 Å². The molecule has 0 aliphatic carbocycles. The number of carbonyl (C=O) groups is 1. The van der Waals surface area contributed by atoms with Crippen molar-refractivity contribution in [2.75, 3.05) is 10.6 Å². The number of nitrogens with one attached hydrogen (secondary N) is 3. The molecule has 3 aromatic heterocycles. The van der Waals surface area contributed by atoms with E-state index in [-0.39, 0.29) is 22.8 Å². The summed E-state index contributed by atoms with van der Waals surface area (Å²) in [6.07, 6.45) is 3.03. The lowest BCUT2D eigenvalue weighted by Gasteiger charge is -2.14. The summed E-state index contributed by atoms with van der Waals surface area (Å²) in [5, 5.41) is 11.2. The van der Waals surface area contributed by atoms with Gasteiger partial charge < -0.3 is 19.9 Å². The molecule has 0 saturated heterocycles. The summed E-state index contributed by atoms with van der Waals surface area (Å²) in [6.45, 7) is 1.69. The zero-order valence-electron chi connectivity index (χ0n) is 20.1. The number of pyridine rings is 1. The van der Waals surface area contributed by atoms with E-state index in [4.69, 9.17) is 4.74 Å². The van der Waals surface area contributed by atoms with E-state index in [0.29, 0.717) is 17.1 Å². The van der Waals surface area contributed by atoms with Crippen LogP contribution in [0.2, 0.25) is 0 Å². The van der Waals surface area contributed by atoms with Crippen molar-refractivity contribution in [2.45, 2.75) is 13.1 Å². The minimum absolute atomic E-state index is 0.139. The Morgan fingerprint density at radius 3 is 2.54 bits per heavy atom. The van der Waals surface area contributed by atoms with Gasteiger partial charge in [0, 0.05) is 47.7 Å². The normalized spacial score (nSPS) is 11.3. The fourth-order valence-corrected chi connectivity index (χ4v) is 3.66. The Kier molecular flexibility index (Phi) is 6.71. The van der Waals surface area contributed by atoms with Crippen LogP contribution in [0, 0.1) is 12.7 Å². The molecular weight excluding hydrogens is 518 g/mol. The minimum Gasteiger partial charge on any atom is -0.457 e. The number of ether oxygens (including phenoxy) is 1. The summed E-state index contributed by atoms with van der Waals surface area (Å²) < 4.78 is 62.3. The first kappa shape index (κ1) is 25.4. The monoisotopic (exact) mass is 537 g/mol. The highest BCUT2D eigenvalue weighted by Gasteiger charge is 2.31. The van der Waals surface area contributed by atoms with Gasteiger partial charge in [-0.15, -0.1) is 0 Å². The van der Waals surface area contributed by atoms with Crippen LogP contribution in [0.3, 0.4) is 0 Å². The van der Waals surface area contributed by atoms with E-state index < -0.39 is 23.6 Å². The number of imidazole rings is 1. The number of anilines is 2. The highest BCUT2D eigenvalue weighted by atomic mass is 19.4. The molecule has 0 saturated carbocycles. The molecule has 0 spiro atoms. The second kappa shape index (κ2) is 10.3. The molecule has 0 radical (unpaired) electrons. The summed E-state index contributed by atoms with van der Waals surface area (Å²) in [7, 11) is 0. The number of nitrogens with zero attached hydrogens (tertiary/aromatic N) is 4. The number of H-pyrrole nitrogens is 1. The van der Waals surface area contributed by atoms with E-state index in [0.717, 1.165) is 23.8 Å². The van der Waals surface area contributed by atoms with Crippen molar-refractivity contribution in [3.63, 3.8) is 0 Å². The lowest BCUT2D eigenvalue weighted by Crippen LogP contribution is -2.20. The van der Waals surface area contributed by atoms with Crippen LogP contribution in [0.1, 0.15) is 11.3 Å². The number of alkyl halides is 3. The maximum Gasteiger partial charge on any atom is 0.416 e. The first-order valence-electron chi connectivity index (χ1n) is 11.4. The smallest absolute Gasteiger partial charge is 0.416 e. The molecule has 0 fully saturated rings. The highest BCUT2D eigenvalue weighted by Crippen LogP contribution is 2.33. The van der Waals surface area contributed by atoms with Crippen LogP contribution >= 0.6 is 0 Å². The summed E-state index contributed by atoms with van der Waals surface area (Å²) in [4.78, 5) is 20.8. The van der Waals surface area contributed by atoms with E-state index in [1.807, 2.05) is 0 Å². The van der Waals surface area contributed by atoms with Crippen LogP contribution in [0.15, 0.2) is 79.6 Å². The topological polar surface area (TPSA) is 110 Å². The van der Waals surface area contributed by atoms with Gasteiger partial charge in [-0.05, 0) is 43.3 Å². The summed E-state index contributed by atoms with van der Waals surface area (Å²) in [5.74, 6) is -0.265. The van der Waals surface area contributed by atoms with Crippen molar-refractivity contribution in [2.24, 2.45) is 0 Å². The molecule has 3 heterocycles. The number of hydrogen-bond acceptors (Lipinski definition) is 5. The minimum atomic E-state index is -4.66. The van der Waals surface area contributed by atoms with Gasteiger partial charge in [0.2, 0.25) is 0 Å². The first-order chi connectivity index (χ1) is 18.6. The molecule has 198 valence electrons. The van der Waals surface area contributed by atoms with E-state index in [2.05, 4.69) is 30.8 Å². The molecule has 0 unspecified atom stereocenters. The van der Waals surface area contributed by atoms with E-state index >= 15 is 0 Å². The van der Waals surface area contributed by atoms with Crippen LogP contribution in [0.5, 0.6) is 11.5 Å². The predicted molar refractivity (Wildman–Crippen MR) is 134 cm³/mol. The zero-order valence-corrected chi connectivity index (χ0v) is 20.1. The highest BCUT2D eigenvalue weighted by molar-refractivity contribution is 6.00. The van der Waals surface area contributed by atoms with Crippen molar-refractivity contribution < 1.29 is 27.1 Å². The average Bonchev–Trinajstić information content (AvgIpc) is 3.58. The Morgan fingerprint density at radius 2 is 1.85 bits per heavy atom. The molecule has 0 atom stereocenters. The maximum absolute atomic E-state index is 14.8. The van der Waals surface area contributed by atoms with Gasteiger partial charge in [-0.25, -0.2) is 14.2 Å². The lowest BCUT2D eigenvalue weighted by molar-refractivity contribution is -0.137. The fraction of sp³-hybridized carbons (Fsp3) is 0.0769. The van der Waals surface area contributed by atoms with E-state index in [1.165, 1.54) is 35.3 Å². The Balaban J connectivity index is 1.30. The third-order valence-corrected chi connectivity index (χ3v) is 5.46. The van der Waals surface area contributed by atoms with Gasteiger partial charge >= 0.3 is 12.2 Å². The van der Waals surface area contributed by atoms with E-state index in [1.54, 1.807) is 37.6 Å². The molecular formula is C26H19F4N7O2. The van der Waals surface area contributed by atoms with Gasteiger partial charge in [-0.2, -0.15) is 18.3 Å². The molecule has 5 aromatic rings. The fourth-order valence-electron chi connectivity index (χ4n) is 3.66. The van der Waals surface area contributed by atoms with Crippen molar-refractivity contribution in [1.29, 1.82) is 0 Å².